The lowest BCUT2D eigenvalue weighted by molar-refractivity contribution is 0.393. The van der Waals surface area contributed by atoms with Crippen molar-refractivity contribution in [3.05, 3.63) is 53.3 Å². The molecule has 0 spiro atoms. The van der Waals surface area contributed by atoms with Crippen molar-refractivity contribution in [1.82, 2.24) is 15.1 Å². The fourth-order valence-electron chi connectivity index (χ4n) is 2.68. The molecule has 1 N–H and O–H groups in total. The molecule has 0 aliphatic rings. The van der Waals surface area contributed by atoms with Gasteiger partial charge in [0.25, 0.3) is 0 Å². The molecule has 0 radical (unpaired) electrons. The van der Waals surface area contributed by atoms with Crippen LogP contribution in [0.5, 0.6) is 5.88 Å². The summed E-state index contributed by atoms with van der Waals surface area (Å²) >= 11 is 0. The minimum atomic E-state index is 0.552. The van der Waals surface area contributed by atoms with Crippen molar-refractivity contribution < 1.29 is 9.26 Å². The molecule has 0 atom stereocenters. The topological polar surface area (TPSA) is 73.1 Å². The van der Waals surface area contributed by atoms with Crippen LogP contribution in [0.3, 0.4) is 0 Å². The summed E-state index contributed by atoms with van der Waals surface area (Å²) in [5, 5.41) is 7.39. The zero-order valence-electron chi connectivity index (χ0n) is 14.3. The van der Waals surface area contributed by atoms with Crippen molar-refractivity contribution in [2.45, 2.75) is 27.3 Å². The summed E-state index contributed by atoms with van der Waals surface area (Å²) in [6.07, 6.45) is 3.58. The molecular formula is C18H20N4O2. The first-order chi connectivity index (χ1) is 11.6. The van der Waals surface area contributed by atoms with Gasteiger partial charge in [-0.15, -0.1) is 0 Å². The van der Waals surface area contributed by atoms with Gasteiger partial charge in [0, 0.05) is 35.8 Å². The Kier molecular flexibility index (Phi) is 4.46. The van der Waals surface area contributed by atoms with E-state index in [2.05, 4.69) is 20.4 Å². The molecule has 6 nitrogen and oxygen atoms in total. The van der Waals surface area contributed by atoms with E-state index in [1.54, 1.807) is 13.3 Å². The monoisotopic (exact) mass is 324 g/mol. The minimum absolute atomic E-state index is 0.552. The Morgan fingerprint density at radius 1 is 1.17 bits per heavy atom. The van der Waals surface area contributed by atoms with Gasteiger partial charge < -0.3 is 14.6 Å². The maximum atomic E-state index is 5.37. The molecule has 0 aliphatic carbocycles. The van der Waals surface area contributed by atoms with E-state index < -0.39 is 0 Å². The number of methoxy groups -OCH3 is 1. The molecule has 3 aromatic heterocycles. The lowest BCUT2D eigenvalue weighted by Gasteiger charge is -2.12. The van der Waals surface area contributed by atoms with Crippen LogP contribution in [0.15, 0.2) is 35.1 Å². The number of anilines is 1. The van der Waals surface area contributed by atoms with Crippen LogP contribution in [-0.4, -0.2) is 22.2 Å². The molecule has 3 rings (SSSR count). The van der Waals surface area contributed by atoms with Crippen LogP contribution in [0.25, 0.3) is 11.1 Å². The molecule has 0 aliphatic heterocycles. The minimum Gasteiger partial charge on any atom is -0.480 e. The highest BCUT2D eigenvalue weighted by atomic mass is 16.5. The molecule has 124 valence electrons. The number of aryl methyl sites for hydroxylation is 3. The van der Waals surface area contributed by atoms with Crippen molar-refractivity contribution in [3.8, 4) is 17.0 Å². The number of aromatic nitrogens is 3. The van der Waals surface area contributed by atoms with Crippen molar-refractivity contribution in [2.75, 3.05) is 12.4 Å². The standard InChI is InChI=1S/C18H20N4O2/c1-11-7-14(5-6-19-11)9-20-16-8-15(10-21-18(16)23-4)17-12(2)22-24-13(17)3/h5-8,10,20H,9H2,1-4H3. The summed E-state index contributed by atoms with van der Waals surface area (Å²) in [6.45, 7) is 6.45. The lowest BCUT2D eigenvalue weighted by atomic mass is 10.1. The SMILES string of the molecule is COc1ncc(-c2c(C)noc2C)cc1NCc1ccnc(C)c1. The molecule has 6 heteroatoms. The number of nitrogens with one attached hydrogen (secondary N) is 1. The van der Waals surface area contributed by atoms with Gasteiger partial charge in [-0.2, -0.15) is 0 Å². The number of hydrogen-bond acceptors (Lipinski definition) is 6. The van der Waals surface area contributed by atoms with E-state index in [4.69, 9.17) is 9.26 Å². The second-order valence-corrected chi connectivity index (χ2v) is 5.64. The number of hydrogen-bond donors (Lipinski definition) is 1. The first-order valence-electron chi connectivity index (χ1n) is 7.71. The number of pyridine rings is 2. The first kappa shape index (κ1) is 16.0. The Hall–Kier alpha value is -2.89. The molecule has 0 amide bonds. The van der Waals surface area contributed by atoms with Gasteiger partial charge in [0.05, 0.1) is 18.5 Å². The second-order valence-electron chi connectivity index (χ2n) is 5.64. The zero-order chi connectivity index (χ0) is 17.1. The zero-order valence-corrected chi connectivity index (χ0v) is 14.3. The summed E-state index contributed by atoms with van der Waals surface area (Å²) < 4.78 is 10.6. The third-order valence-corrected chi connectivity index (χ3v) is 3.81. The highest BCUT2D eigenvalue weighted by Crippen LogP contribution is 2.32. The largest absolute Gasteiger partial charge is 0.480 e. The van der Waals surface area contributed by atoms with E-state index in [1.807, 2.05) is 45.2 Å². The number of nitrogens with zero attached hydrogens (tertiary/aromatic N) is 3. The van der Waals surface area contributed by atoms with Crippen LogP contribution in [0.1, 0.15) is 22.7 Å². The third kappa shape index (κ3) is 3.22. The van der Waals surface area contributed by atoms with Gasteiger partial charge in [-0.05, 0) is 44.5 Å². The fraction of sp³-hybridized carbons (Fsp3) is 0.278. The Morgan fingerprint density at radius 2 is 2.00 bits per heavy atom. The van der Waals surface area contributed by atoms with Crippen molar-refractivity contribution in [3.63, 3.8) is 0 Å². The fourth-order valence-corrected chi connectivity index (χ4v) is 2.68. The molecule has 0 unspecified atom stereocenters. The van der Waals surface area contributed by atoms with Crippen LogP contribution < -0.4 is 10.1 Å². The van der Waals surface area contributed by atoms with Crippen LogP contribution in [0, 0.1) is 20.8 Å². The molecule has 0 saturated carbocycles. The van der Waals surface area contributed by atoms with E-state index in [0.717, 1.165) is 39.5 Å². The predicted molar refractivity (Wildman–Crippen MR) is 92.1 cm³/mol. The highest BCUT2D eigenvalue weighted by molar-refractivity contribution is 5.72. The Morgan fingerprint density at radius 3 is 2.67 bits per heavy atom. The summed E-state index contributed by atoms with van der Waals surface area (Å²) in [5.41, 5.74) is 5.71. The van der Waals surface area contributed by atoms with Gasteiger partial charge >= 0.3 is 0 Å². The summed E-state index contributed by atoms with van der Waals surface area (Å²) in [4.78, 5) is 8.61. The molecule has 0 fully saturated rings. The first-order valence-corrected chi connectivity index (χ1v) is 7.71. The van der Waals surface area contributed by atoms with Crippen LogP contribution in [0.4, 0.5) is 5.69 Å². The van der Waals surface area contributed by atoms with Gasteiger partial charge in [-0.1, -0.05) is 5.16 Å². The van der Waals surface area contributed by atoms with Gasteiger partial charge in [0.1, 0.15) is 5.76 Å². The smallest absolute Gasteiger partial charge is 0.237 e. The van der Waals surface area contributed by atoms with Crippen LogP contribution >= 0.6 is 0 Å². The number of ether oxygens (including phenoxy) is 1. The molecular weight excluding hydrogens is 304 g/mol. The summed E-state index contributed by atoms with van der Waals surface area (Å²) in [7, 11) is 1.61. The van der Waals surface area contributed by atoms with Gasteiger partial charge in [0.2, 0.25) is 5.88 Å². The maximum absolute atomic E-state index is 5.37. The van der Waals surface area contributed by atoms with Crippen LogP contribution in [0.2, 0.25) is 0 Å². The highest BCUT2D eigenvalue weighted by Gasteiger charge is 2.14. The van der Waals surface area contributed by atoms with Crippen molar-refractivity contribution in [2.24, 2.45) is 0 Å². The molecule has 0 saturated heterocycles. The molecule has 3 heterocycles. The van der Waals surface area contributed by atoms with Crippen LogP contribution in [-0.2, 0) is 6.54 Å². The molecule has 24 heavy (non-hydrogen) atoms. The predicted octanol–water partition coefficient (Wildman–Crippen LogP) is 3.68. The third-order valence-electron chi connectivity index (χ3n) is 3.81. The normalized spacial score (nSPS) is 10.7. The van der Waals surface area contributed by atoms with E-state index in [1.165, 1.54) is 0 Å². The quantitative estimate of drug-likeness (QED) is 0.772. The van der Waals surface area contributed by atoms with E-state index in [9.17, 15) is 0 Å². The maximum Gasteiger partial charge on any atom is 0.237 e. The van der Waals surface area contributed by atoms with Crippen molar-refractivity contribution >= 4 is 5.69 Å². The van der Waals surface area contributed by atoms with E-state index in [-0.39, 0.29) is 0 Å². The Labute approximate surface area is 140 Å². The molecule has 3 aromatic rings. The van der Waals surface area contributed by atoms with Gasteiger partial charge in [-0.25, -0.2) is 4.98 Å². The van der Waals surface area contributed by atoms with E-state index in [0.29, 0.717) is 12.4 Å². The Bertz CT molecular complexity index is 838. The van der Waals surface area contributed by atoms with Gasteiger partial charge in [0.15, 0.2) is 0 Å². The average Bonchev–Trinajstić information content (AvgIpc) is 2.91. The second kappa shape index (κ2) is 6.70. The van der Waals surface area contributed by atoms with E-state index >= 15 is 0 Å². The lowest BCUT2D eigenvalue weighted by Crippen LogP contribution is -2.03. The Balaban J connectivity index is 1.90. The van der Waals surface area contributed by atoms with Crippen molar-refractivity contribution in [1.29, 1.82) is 0 Å². The summed E-state index contributed by atoms with van der Waals surface area (Å²) in [6, 6.07) is 6.04. The average molecular weight is 324 g/mol. The number of rotatable bonds is 5. The van der Waals surface area contributed by atoms with Gasteiger partial charge in [-0.3, -0.25) is 4.98 Å². The summed E-state index contributed by atoms with van der Waals surface area (Å²) in [5.74, 6) is 1.33. The molecule has 0 bridgehead atoms. The molecule has 0 aromatic carbocycles.